The van der Waals surface area contributed by atoms with Crippen LogP contribution in [-0.2, 0) is 9.59 Å². The number of nitrogens with zero attached hydrogens (tertiary/aromatic N) is 3. The topological polar surface area (TPSA) is 76.5 Å². The number of benzene rings is 2. The fourth-order valence-electron chi connectivity index (χ4n) is 3.62. The Morgan fingerprint density at radius 3 is 2.53 bits per heavy atom. The molecule has 0 saturated carbocycles. The molecule has 3 aromatic rings. The summed E-state index contributed by atoms with van der Waals surface area (Å²) in [6, 6.07) is 13.6. The van der Waals surface area contributed by atoms with E-state index < -0.39 is 0 Å². The largest absolute Gasteiger partial charge is 0.483 e. The number of hydrogen-bond donors (Lipinski definition) is 1. The third-order valence-electron chi connectivity index (χ3n) is 5.31. The number of para-hydroxylation sites is 1. The Bertz CT molecular complexity index is 1120. The van der Waals surface area contributed by atoms with Crippen molar-refractivity contribution in [3.63, 3.8) is 0 Å². The molecule has 34 heavy (non-hydrogen) atoms. The molecule has 1 N–H and O–H groups in total. The fraction of sp³-hybridized carbons (Fsp3) is 0.346. The molecule has 1 atom stereocenters. The zero-order valence-electron chi connectivity index (χ0n) is 20.4. The minimum atomic E-state index is -0.224. The SMILES string of the molecule is CCC(NC(=O)CSc1nccn1-c1cc(C)cc(C)c1)c1ccccc1OCC(=O)N(C)C. The van der Waals surface area contributed by atoms with Crippen LogP contribution in [0, 0.1) is 13.8 Å². The van der Waals surface area contributed by atoms with Gasteiger partial charge in [0, 0.05) is 37.7 Å². The van der Waals surface area contributed by atoms with Gasteiger partial charge in [0.15, 0.2) is 11.8 Å². The number of likely N-dealkylation sites (N-methyl/N-ethyl adjacent to an activating group) is 1. The standard InChI is InChI=1S/C26H32N4O3S/c1-6-22(21-9-7-8-10-23(21)33-16-25(32)29(4)5)28-24(31)17-34-26-27-11-12-30(26)20-14-18(2)13-19(3)15-20/h7-15,22H,6,16-17H2,1-5H3,(H,28,31). The maximum absolute atomic E-state index is 12.8. The molecule has 2 aromatic carbocycles. The quantitative estimate of drug-likeness (QED) is 0.438. The summed E-state index contributed by atoms with van der Waals surface area (Å²) in [7, 11) is 3.38. The highest BCUT2D eigenvalue weighted by Crippen LogP contribution is 2.28. The molecule has 0 aliphatic rings. The molecule has 7 nitrogen and oxygen atoms in total. The van der Waals surface area contributed by atoms with Crippen molar-refractivity contribution in [1.82, 2.24) is 19.8 Å². The number of rotatable bonds is 10. The molecule has 1 heterocycles. The van der Waals surface area contributed by atoms with Crippen molar-refractivity contribution in [2.75, 3.05) is 26.5 Å². The van der Waals surface area contributed by atoms with Gasteiger partial charge in [-0.05, 0) is 49.6 Å². The summed E-state index contributed by atoms with van der Waals surface area (Å²) in [5.74, 6) is 0.622. The first-order valence-corrected chi connectivity index (χ1v) is 12.2. The Morgan fingerprint density at radius 1 is 1.15 bits per heavy atom. The fourth-order valence-corrected chi connectivity index (χ4v) is 4.40. The van der Waals surface area contributed by atoms with Crippen molar-refractivity contribution in [3.8, 4) is 11.4 Å². The number of ether oxygens (including phenoxy) is 1. The molecule has 1 unspecified atom stereocenters. The highest BCUT2D eigenvalue weighted by atomic mass is 32.2. The third kappa shape index (κ3) is 6.63. The number of carbonyl (C=O) groups excluding carboxylic acids is 2. The van der Waals surface area contributed by atoms with Gasteiger partial charge in [0.25, 0.3) is 5.91 Å². The van der Waals surface area contributed by atoms with Crippen LogP contribution in [0.4, 0.5) is 0 Å². The van der Waals surface area contributed by atoms with Crippen LogP contribution in [0.1, 0.15) is 36.1 Å². The van der Waals surface area contributed by atoms with Crippen LogP contribution in [0.5, 0.6) is 5.75 Å². The van der Waals surface area contributed by atoms with E-state index in [0.29, 0.717) is 12.2 Å². The zero-order valence-corrected chi connectivity index (χ0v) is 21.2. The molecule has 2 amide bonds. The van der Waals surface area contributed by atoms with Gasteiger partial charge in [-0.3, -0.25) is 14.2 Å². The molecule has 0 fully saturated rings. The number of thioether (sulfide) groups is 1. The van der Waals surface area contributed by atoms with E-state index in [1.54, 1.807) is 20.3 Å². The van der Waals surface area contributed by atoms with Crippen LogP contribution in [0.3, 0.4) is 0 Å². The predicted molar refractivity (Wildman–Crippen MR) is 136 cm³/mol. The number of aromatic nitrogens is 2. The first-order chi connectivity index (χ1) is 16.3. The van der Waals surface area contributed by atoms with Gasteiger partial charge in [-0.25, -0.2) is 4.98 Å². The number of aryl methyl sites for hydroxylation is 2. The lowest BCUT2D eigenvalue weighted by Gasteiger charge is -2.21. The molecule has 1 aromatic heterocycles. The summed E-state index contributed by atoms with van der Waals surface area (Å²) in [6.07, 6.45) is 4.34. The van der Waals surface area contributed by atoms with Gasteiger partial charge >= 0.3 is 0 Å². The van der Waals surface area contributed by atoms with Gasteiger partial charge in [0.05, 0.1) is 11.8 Å². The second kappa shape index (κ2) is 11.7. The molecule has 180 valence electrons. The van der Waals surface area contributed by atoms with Crippen molar-refractivity contribution in [2.24, 2.45) is 0 Å². The maximum atomic E-state index is 12.8. The Kier molecular flexibility index (Phi) is 8.76. The average molecular weight is 481 g/mol. The summed E-state index contributed by atoms with van der Waals surface area (Å²) in [4.78, 5) is 30.7. The Morgan fingerprint density at radius 2 is 1.85 bits per heavy atom. The lowest BCUT2D eigenvalue weighted by Crippen LogP contribution is -2.31. The van der Waals surface area contributed by atoms with Crippen LogP contribution < -0.4 is 10.1 Å². The van der Waals surface area contributed by atoms with E-state index in [1.165, 1.54) is 27.8 Å². The lowest BCUT2D eigenvalue weighted by atomic mass is 10.0. The number of nitrogens with one attached hydrogen (secondary N) is 1. The first kappa shape index (κ1) is 25.4. The first-order valence-electron chi connectivity index (χ1n) is 11.2. The van der Waals surface area contributed by atoms with Crippen molar-refractivity contribution in [1.29, 1.82) is 0 Å². The van der Waals surface area contributed by atoms with Crippen LogP contribution in [0.2, 0.25) is 0 Å². The molecule has 0 aliphatic heterocycles. The van der Waals surface area contributed by atoms with Gasteiger partial charge in [-0.2, -0.15) is 0 Å². The second-order valence-electron chi connectivity index (χ2n) is 8.36. The minimum Gasteiger partial charge on any atom is -0.483 e. The van der Waals surface area contributed by atoms with E-state index >= 15 is 0 Å². The highest BCUT2D eigenvalue weighted by Gasteiger charge is 2.19. The van der Waals surface area contributed by atoms with E-state index in [9.17, 15) is 9.59 Å². The molecule has 3 rings (SSSR count). The summed E-state index contributed by atoms with van der Waals surface area (Å²) >= 11 is 1.40. The number of hydrogen-bond acceptors (Lipinski definition) is 5. The maximum Gasteiger partial charge on any atom is 0.259 e. The van der Waals surface area contributed by atoms with Crippen molar-refractivity contribution < 1.29 is 14.3 Å². The third-order valence-corrected chi connectivity index (χ3v) is 6.28. The van der Waals surface area contributed by atoms with E-state index in [2.05, 4.69) is 42.3 Å². The molecular formula is C26H32N4O3S. The molecule has 0 saturated heterocycles. The number of carbonyl (C=O) groups is 2. The number of amides is 2. The monoisotopic (exact) mass is 480 g/mol. The number of imidazole rings is 1. The van der Waals surface area contributed by atoms with Gasteiger partial charge in [0.2, 0.25) is 5.91 Å². The van der Waals surface area contributed by atoms with Crippen LogP contribution in [-0.4, -0.2) is 52.7 Å². The van der Waals surface area contributed by atoms with Crippen molar-refractivity contribution in [2.45, 2.75) is 38.4 Å². The van der Waals surface area contributed by atoms with Gasteiger partial charge in [-0.15, -0.1) is 0 Å². The summed E-state index contributed by atoms with van der Waals surface area (Å²) in [5.41, 5.74) is 4.24. The average Bonchev–Trinajstić information content (AvgIpc) is 3.28. The Hall–Kier alpha value is -3.26. The van der Waals surface area contributed by atoms with Gasteiger partial charge < -0.3 is 15.0 Å². The zero-order chi connectivity index (χ0) is 24.7. The summed E-state index contributed by atoms with van der Waals surface area (Å²) < 4.78 is 7.77. The van der Waals surface area contributed by atoms with E-state index in [-0.39, 0.29) is 30.2 Å². The van der Waals surface area contributed by atoms with Crippen LogP contribution >= 0.6 is 11.8 Å². The van der Waals surface area contributed by atoms with E-state index in [0.717, 1.165) is 16.4 Å². The Balaban J connectivity index is 1.65. The molecule has 8 heteroatoms. The second-order valence-corrected chi connectivity index (χ2v) is 9.30. The molecular weight excluding hydrogens is 448 g/mol. The van der Waals surface area contributed by atoms with Gasteiger partial charge in [0.1, 0.15) is 5.75 Å². The summed E-state index contributed by atoms with van der Waals surface area (Å²) in [5, 5.41) is 3.86. The van der Waals surface area contributed by atoms with E-state index in [1.807, 2.05) is 42.0 Å². The summed E-state index contributed by atoms with van der Waals surface area (Å²) in [6.45, 7) is 6.09. The molecule has 0 bridgehead atoms. The molecule has 0 spiro atoms. The highest BCUT2D eigenvalue weighted by molar-refractivity contribution is 7.99. The molecule has 0 radical (unpaired) electrons. The normalized spacial score (nSPS) is 11.7. The van der Waals surface area contributed by atoms with Gasteiger partial charge in [-0.1, -0.05) is 43.0 Å². The van der Waals surface area contributed by atoms with Crippen LogP contribution in [0.15, 0.2) is 60.0 Å². The Labute approximate surface area is 205 Å². The van der Waals surface area contributed by atoms with Crippen molar-refractivity contribution in [3.05, 3.63) is 71.5 Å². The minimum absolute atomic E-state index is 0.0503. The van der Waals surface area contributed by atoms with E-state index in [4.69, 9.17) is 4.74 Å². The smallest absolute Gasteiger partial charge is 0.259 e. The van der Waals surface area contributed by atoms with Crippen LogP contribution in [0.25, 0.3) is 5.69 Å². The van der Waals surface area contributed by atoms with Crippen molar-refractivity contribution >= 4 is 23.6 Å². The predicted octanol–water partition coefficient (Wildman–Crippen LogP) is 4.32. The lowest BCUT2D eigenvalue weighted by molar-refractivity contribution is -0.130. The molecule has 0 aliphatic carbocycles.